The van der Waals surface area contributed by atoms with Crippen molar-refractivity contribution in [1.82, 2.24) is 19.7 Å². The summed E-state index contributed by atoms with van der Waals surface area (Å²) in [5.41, 5.74) is 0.309. The molecule has 7 heteroatoms. The van der Waals surface area contributed by atoms with Crippen molar-refractivity contribution in [3.63, 3.8) is 0 Å². The number of likely N-dealkylation sites (N-methyl/N-ethyl adjacent to an activating group) is 2. The number of rotatable bonds is 7. The lowest BCUT2D eigenvalue weighted by molar-refractivity contribution is -0.129. The Morgan fingerprint density at radius 3 is 2.45 bits per heavy atom. The van der Waals surface area contributed by atoms with Crippen LogP contribution in [0.25, 0.3) is 0 Å². The number of carbonyl (C=O) groups is 2. The molecule has 2 amide bonds. The lowest BCUT2D eigenvalue weighted by Crippen LogP contribution is -2.36. The van der Waals surface area contributed by atoms with E-state index in [1.807, 2.05) is 11.9 Å². The second-order valence-electron chi connectivity index (χ2n) is 4.98. The molecule has 0 fully saturated rings. The molecule has 0 aliphatic carbocycles. The third kappa shape index (κ3) is 5.00. The van der Waals surface area contributed by atoms with Crippen molar-refractivity contribution < 1.29 is 14.0 Å². The zero-order chi connectivity index (χ0) is 15.1. The average Bonchev–Trinajstić information content (AvgIpc) is 2.91. The monoisotopic (exact) mass is 282 g/mol. The van der Waals surface area contributed by atoms with Crippen LogP contribution in [0.5, 0.6) is 0 Å². The van der Waals surface area contributed by atoms with E-state index >= 15 is 0 Å². The molecule has 0 bridgehead atoms. The summed E-state index contributed by atoms with van der Waals surface area (Å²) in [7, 11) is 7.09. The van der Waals surface area contributed by atoms with Gasteiger partial charge in [0.15, 0.2) is 12.1 Å². The molecule has 0 aromatic carbocycles. The van der Waals surface area contributed by atoms with Crippen molar-refractivity contribution in [2.75, 3.05) is 47.8 Å². The van der Waals surface area contributed by atoms with Gasteiger partial charge in [0.25, 0.3) is 5.91 Å². The Balaban J connectivity index is 2.26. The summed E-state index contributed by atoms with van der Waals surface area (Å²) in [6.45, 7) is 1.73. The molecule has 0 aliphatic heterocycles. The Morgan fingerprint density at radius 2 is 1.90 bits per heavy atom. The number of hydrogen-bond acceptors (Lipinski definition) is 5. The lowest BCUT2D eigenvalue weighted by Gasteiger charge is -2.21. The van der Waals surface area contributed by atoms with Crippen LogP contribution in [0.1, 0.15) is 16.9 Å². The molecule has 20 heavy (non-hydrogen) atoms. The van der Waals surface area contributed by atoms with Crippen LogP contribution in [0.3, 0.4) is 0 Å². The Hall–Kier alpha value is -1.89. The van der Waals surface area contributed by atoms with Gasteiger partial charge in [-0.2, -0.15) is 0 Å². The van der Waals surface area contributed by atoms with Crippen LogP contribution in [0, 0.1) is 0 Å². The zero-order valence-electron chi connectivity index (χ0n) is 12.5. The summed E-state index contributed by atoms with van der Waals surface area (Å²) < 4.78 is 4.79. The van der Waals surface area contributed by atoms with Crippen molar-refractivity contribution in [2.24, 2.45) is 0 Å². The Morgan fingerprint density at radius 1 is 1.20 bits per heavy atom. The molecular weight excluding hydrogens is 260 g/mol. The Bertz CT molecular complexity index is 431. The number of oxazole rings is 1. The highest BCUT2D eigenvalue weighted by atomic mass is 16.3. The standard InChI is InChI=1S/C13H22N4O3/c1-15(2)12(18)8-16(3)6-5-7-17(4)13(19)11-9-20-10-14-11/h9-10H,5-8H2,1-4H3. The smallest absolute Gasteiger partial charge is 0.275 e. The topological polar surface area (TPSA) is 69.9 Å². The molecule has 1 aromatic rings. The van der Waals surface area contributed by atoms with Gasteiger partial charge in [0.1, 0.15) is 6.26 Å². The highest BCUT2D eigenvalue weighted by Gasteiger charge is 2.14. The zero-order valence-corrected chi connectivity index (χ0v) is 12.5. The maximum Gasteiger partial charge on any atom is 0.275 e. The van der Waals surface area contributed by atoms with Crippen LogP contribution in [0.4, 0.5) is 0 Å². The van der Waals surface area contributed by atoms with E-state index in [-0.39, 0.29) is 11.8 Å². The third-order valence-electron chi connectivity index (χ3n) is 2.94. The summed E-state index contributed by atoms with van der Waals surface area (Å²) >= 11 is 0. The van der Waals surface area contributed by atoms with Gasteiger partial charge < -0.3 is 14.2 Å². The van der Waals surface area contributed by atoms with Crippen molar-refractivity contribution in [3.8, 4) is 0 Å². The van der Waals surface area contributed by atoms with E-state index < -0.39 is 0 Å². The third-order valence-corrected chi connectivity index (χ3v) is 2.94. The molecule has 0 atom stereocenters. The summed E-state index contributed by atoms with van der Waals surface area (Å²) in [5, 5.41) is 0. The van der Waals surface area contributed by atoms with Crippen molar-refractivity contribution in [2.45, 2.75) is 6.42 Å². The quantitative estimate of drug-likeness (QED) is 0.712. The van der Waals surface area contributed by atoms with Gasteiger partial charge in [-0.3, -0.25) is 14.5 Å². The minimum Gasteiger partial charge on any atom is -0.451 e. The van der Waals surface area contributed by atoms with Gasteiger partial charge in [0, 0.05) is 34.2 Å². The van der Waals surface area contributed by atoms with Crippen molar-refractivity contribution >= 4 is 11.8 Å². The van der Waals surface area contributed by atoms with Gasteiger partial charge in [0.2, 0.25) is 5.91 Å². The van der Waals surface area contributed by atoms with E-state index in [0.717, 1.165) is 13.0 Å². The number of aromatic nitrogens is 1. The second kappa shape index (κ2) is 7.64. The molecule has 0 saturated carbocycles. The molecule has 1 aromatic heterocycles. The Kier molecular flexibility index (Phi) is 6.17. The van der Waals surface area contributed by atoms with Gasteiger partial charge in [0.05, 0.1) is 6.54 Å². The largest absolute Gasteiger partial charge is 0.451 e. The molecule has 1 rings (SSSR count). The summed E-state index contributed by atoms with van der Waals surface area (Å²) in [6.07, 6.45) is 3.36. The maximum atomic E-state index is 11.9. The van der Waals surface area contributed by atoms with Gasteiger partial charge in [-0.05, 0) is 13.5 Å². The highest BCUT2D eigenvalue weighted by Crippen LogP contribution is 2.01. The number of carbonyl (C=O) groups excluding carboxylic acids is 2. The Labute approximate surface area is 119 Å². The van der Waals surface area contributed by atoms with Crippen molar-refractivity contribution in [1.29, 1.82) is 0 Å². The van der Waals surface area contributed by atoms with Gasteiger partial charge in [-0.15, -0.1) is 0 Å². The maximum absolute atomic E-state index is 11.9. The molecule has 0 unspecified atom stereocenters. The summed E-state index contributed by atoms with van der Waals surface area (Å²) in [6, 6.07) is 0. The molecule has 1 heterocycles. The van der Waals surface area contributed by atoms with E-state index in [9.17, 15) is 9.59 Å². The lowest BCUT2D eigenvalue weighted by atomic mass is 10.3. The summed E-state index contributed by atoms with van der Waals surface area (Å²) in [5.74, 6) is -0.0923. The predicted octanol–water partition coefficient (Wildman–Crippen LogP) is 0.157. The van der Waals surface area contributed by atoms with E-state index in [0.29, 0.717) is 18.8 Å². The van der Waals surface area contributed by atoms with Crippen LogP contribution in [-0.2, 0) is 4.79 Å². The van der Waals surface area contributed by atoms with Crippen molar-refractivity contribution in [3.05, 3.63) is 18.4 Å². The molecule has 0 N–H and O–H groups in total. The minimum atomic E-state index is -0.161. The van der Waals surface area contributed by atoms with Crippen LogP contribution in [0.2, 0.25) is 0 Å². The SMILES string of the molecule is CN(CCCN(C)C(=O)c1cocn1)CC(=O)N(C)C. The van der Waals surface area contributed by atoms with E-state index in [1.54, 1.807) is 30.9 Å². The molecule has 0 aliphatic rings. The first-order chi connectivity index (χ1) is 9.41. The molecule has 112 valence electrons. The van der Waals surface area contributed by atoms with Gasteiger partial charge in [-0.1, -0.05) is 0 Å². The molecule has 0 saturated heterocycles. The first-order valence-electron chi connectivity index (χ1n) is 6.44. The normalized spacial score (nSPS) is 10.7. The average molecular weight is 282 g/mol. The van der Waals surface area contributed by atoms with Crippen LogP contribution in [0.15, 0.2) is 17.1 Å². The second-order valence-corrected chi connectivity index (χ2v) is 4.98. The fraction of sp³-hybridized carbons (Fsp3) is 0.615. The molecule has 7 nitrogen and oxygen atoms in total. The predicted molar refractivity (Wildman–Crippen MR) is 74.3 cm³/mol. The number of hydrogen-bond donors (Lipinski definition) is 0. The van der Waals surface area contributed by atoms with Crippen LogP contribution < -0.4 is 0 Å². The van der Waals surface area contributed by atoms with E-state index in [4.69, 9.17) is 4.42 Å². The number of nitrogens with zero attached hydrogens (tertiary/aromatic N) is 4. The first kappa shape index (κ1) is 16.2. The van der Waals surface area contributed by atoms with E-state index in [1.165, 1.54) is 12.7 Å². The summed E-state index contributed by atoms with van der Waals surface area (Å²) in [4.78, 5) is 32.3. The number of amides is 2. The fourth-order valence-electron chi connectivity index (χ4n) is 1.64. The minimum absolute atomic E-state index is 0.0690. The van der Waals surface area contributed by atoms with Gasteiger partial charge >= 0.3 is 0 Å². The molecule has 0 spiro atoms. The fourth-order valence-corrected chi connectivity index (χ4v) is 1.64. The molecule has 0 radical (unpaired) electrons. The van der Waals surface area contributed by atoms with E-state index in [2.05, 4.69) is 4.98 Å². The van der Waals surface area contributed by atoms with Gasteiger partial charge in [-0.25, -0.2) is 4.98 Å². The van der Waals surface area contributed by atoms with Crippen LogP contribution in [-0.4, -0.2) is 79.3 Å². The molecular formula is C13H22N4O3. The first-order valence-corrected chi connectivity index (χ1v) is 6.44. The highest BCUT2D eigenvalue weighted by molar-refractivity contribution is 5.91. The van der Waals surface area contributed by atoms with Crippen LogP contribution >= 0.6 is 0 Å².